The number of hydrogen-bond acceptors (Lipinski definition) is 4. The first-order chi connectivity index (χ1) is 11.9. The molecule has 25 heavy (non-hydrogen) atoms. The van der Waals surface area contributed by atoms with Gasteiger partial charge in [-0.25, -0.2) is 8.42 Å². The third-order valence-corrected chi connectivity index (χ3v) is 5.01. The minimum atomic E-state index is -3.88. The first-order valence-electron chi connectivity index (χ1n) is 7.54. The van der Waals surface area contributed by atoms with Gasteiger partial charge < -0.3 is 10.1 Å². The number of nitrogens with one attached hydrogen (secondary N) is 2. The van der Waals surface area contributed by atoms with Gasteiger partial charge in [0.2, 0.25) is 0 Å². The van der Waals surface area contributed by atoms with Gasteiger partial charge in [-0.2, -0.15) is 0 Å². The summed E-state index contributed by atoms with van der Waals surface area (Å²) in [5, 5.41) is 2.62. The number of amides is 1. The van der Waals surface area contributed by atoms with Crippen LogP contribution < -0.4 is 14.8 Å². The summed E-state index contributed by atoms with van der Waals surface area (Å²) in [6, 6.07) is 11.2. The lowest BCUT2D eigenvalue weighted by atomic mass is 10.1. The van der Waals surface area contributed by atoms with E-state index in [9.17, 15) is 13.2 Å². The minimum Gasteiger partial charge on any atom is -0.495 e. The number of ether oxygens (including phenoxy) is 1. The van der Waals surface area contributed by atoms with Crippen molar-refractivity contribution in [3.05, 3.63) is 66.2 Å². The smallest absolute Gasteiger partial charge is 0.262 e. The molecule has 2 rings (SSSR count). The van der Waals surface area contributed by atoms with Gasteiger partial charge in [-0.15, -0.1) is 6.58 Å². The highest BCUT2D eigenvalue weighted by Crippen LogP contribution is 2.27. The Hall–Kier alpha value is -2.80. The first-order valence-corrected chi connectivity index (χ1v) is 9.03. The van der Waals surface area contributed by atoms with E-state index < -0.39 is 10.0 Å². The van der Waals surface area contributed by atoms with Crippen LogP contribution in [0.4, 0.5) is 5.69 Å². The van der Waals surface area contributed by atoms with Crippen molar-refractivity contribution >= 4 is 21.6 Å². The van der Waals surface area contributed by atoms with Crippen molar-refractivity contribution in [3.8, 4) is 5.75 Å². The summed E-state index contributed by atoms with van der Waals surface area (Å²) in [5.74, 6) is 0.0391. The van der Waals surface area contributed by atoms with Gasteiger partial charge in [0.1, 0.15) is 5.75 Å². The molecule has 6 nitrogen and oxygen atoms in total. The number of carbonyl (C=O) groups is 1. The molecule has 0 saturated carbocycles. The van der Waals surface area contributed by atoms with Gasteiger partial charge in [0.05, 0.1) is 17.7 Å². The Morgan fingerprint density at radius 2 is 1.96 bits per heavy atom. The molecule has 0 unspecified atom stereocenters. The van der Waals surface area contributed by atoms with Gasteiger partial charge in [0.15, 0.2) is 0 Å². The second kappa shape index (κ2) is 7.85. The Labute approximate surface area is 147 Å². The SMILES string of the molecule is C=CCNC(=O)c1ccc(C)c(S(=O)(=O)Nc2ccccc2OC)c1. The number of rotatable bonds is 7. The lowest BCUT2D eigenvalue weighted by molar-refractivity contribution is 0.0958. The Balaban J connectivity index is 2.38. The molecule has 0 aliphatic carbocycles. The Morgan fingerprint density at radius 1 is 1.24 bits per heavy atom. The van der Waals surface area contributed by atoms with Gasteiger partial charge in [0.25, 0.3) is 15.9 Å². The van der Waals surface area contributed by atoms with Crippen molar-refractivity contribution in [1.82, 2.24) is 5.32 Å². The molecule has 7 heteroatoms. The number of hydrogen-bond donors (Lipinski definition) is 2. The number of aryl methyl sites for hydroxylation is 1. The van der Waals surface area contributed by atoms with E-state index in [1.165, 1.54) is 13.2 Å². The molecule has 2 aromatic rings. The second-order valence-electron chi connectivity index (χ2n) is 5.28. The van der Waals surface area contributed by atoms with E-state index in [1.807, 2.05) is 0 Å². The molecule has 0 bridgehead atoms. The third-order valence-electron chi connectivity index (χ3n) is 3.50. The van der Waals surface area contributed by atoms with E-state index in [4.69, 9.17) is 4.74 Å². The van der Waals surface area contributed by atoms with Crippen LogP contribution in [-0.4, -0.2) is 28.0 Å². The maximum absolute atomic E-state index is 12.8. The normalized spacial score (nSPS) is 10.8. The molecule has 0 saturated heterocycles. The van der Waals surface area contributed by atoms with Crippen molar-refractivity contribution in [2.75, 3.05) is 18.4 Å². The number of benzene rings is 2. The molecule has 0 fully saturated rings. The van der Waals surface area contributed by atoms with Crippen LogP contribution in [0.15, 0.2) is 60.0 Å². The molecule has 2 aromatic carbocycles. The Bertz CT molecular complexity index is 892. The number of sulfonamides is 1. The molecular weight excluding hydrogens is 340 g/mol. The molecule has 0 heterocycles. The van der Waals surface area contributed by atoms with Gasteiger partial charge in [0, 0.05) is 12.1 Å². The number of para-hydroxylation sites is 2. The molecule has 0 atom stereocenters. The van der Waals surface area contributed by atoms with Crippen molar-refractivity contribution in [1.29, 1.82) is 0 Å². The molecular formula is C18H20N2O4S. The van der Waals surface area contributed by atoms with Crippen molar-refractivity contribution in [3.63, 3.8) is 0 Å². The summed E-state index contributed by atoms with van der Waals surface area (Å²) in [7, 11) is -2.42. The van der Waals surface area contributed by atoms with E-state index in [2.05, 4.69) is 16.6 Å². The van der Waals surface area contributed by atoms with E-state index in [0.29, 0.717) is 23.5 Å². The van der Waals surface area contributed by atoms with E-state index in [-0.39, 0.29) is 16.4 Å². The average molecular weight is 360 g/mol. The average Bonchev–Trinajstić information content (AvgIpc) is 2.60. The summed E-state index contributed by atoms with van der Waals surface area (Å²) >= 11 is 0. The maximum Gasteiger partial charge on any atom is 0.262 e. The van der Waals surface area contributed by atoms with Gasteiger partial charge in [-0.3, -0.25) is 9.52 Å². The number of carbonyl (C=O) groups excluding carboxylic acids is 1. The summed E-state index contributed by atoms with van der Waals surface area (Å²) in [5.41, 5.74) is 1.11. The summed E-state index contributed by atoms with van der Waals surface area (Å²) in [4.78, 5) is 12.1. The first kappa shape index (κ1) is 18.5. The van der Waals surface area contributed by atoms with Crippen molar-refractivity contribution in [2.24, 2.45) is 0 Å². The maximum atomic E-state index is 12.8. The van der Waals surface area contributed by atoms with Crippen molar-refractivity contribution < 1.29 is 17.9 Å². The lowest BCUT2D eigenvalue weighted by Crippen LogP contribution is -2.24. The standard InChI is InChI=1S/C18H20N2O4S/c1-4-11-19-18(21)14-10-9-13(2)17(12-14)25(22,23)20-15-7-5-6-8-16(15)24-3/h4-10,12,20H,1,11H2,2-3H3,(H,19,21). The largest absolute Gasteiger partial charge is 0.495 e. The third kappa shape index (κ3) is 4.39. The van der Waals surface area contributed by atoms with Gasteiger partial charge >= 0.3 is 0 Å². The van der Waals surface area contributed by atoms with E-state index in [0.717, 1.165) is 0 Å². The Kier molecular flexibility index (Phi) is 5.82. The summed E-state index contributed by atoms with van der Waals surface area (Å²) in [6.07, 6.45) is 1.55. The fourth-order valence-corrected chi connectivity index (χ4v) is 3.57. The van der Waals surface area contributed by atoms with E-state index in [1.54, 1.807) is 49.4 Å². The fourth-order valence-electron chi connectivity index (χ4n) is 2.23. The zero-order chi connectivity index (χ0) is 18.4. The summed E-state index contributed by atoms with van der Waals surface area (Å²) in [6.45, 7) is 5.50. The molecule has 0 radical (unpaired) electrons. The highest BCUT2D eigenvalue weighted by atomic mass is 32.2. The van der Waals surface area contributed by atoms with Crippen LogP contribution in [0.5, 0.6) is 5.75 Å². The highest BCUT2D eigenvalue weighted by molar-refractivity contribution is 7.92. The predicted molar refractivity (Wildman–Crippen MR) is 97.5 cm³/mol. The zero-order valence-electron chi connectivity index (χ0n) is 14.1. The van der Waals surface area contributed by atoms with Crippen molar-refractivity contribution in [2.45, 2.75) is 11.8 Å². The molecule has 0 aliphatic heterocycles. The van der Waals surface area contributed by atoms with Crippen LogP contribution in [0.2, 0.25) is 0 Å². The fraction of sp³-hybridized carbons (Fsp3) is 0.167. The zero-order valence-corrected chi connectivity index (χ0v) is 14.9. The molecule has 1 amide bonds. The lowest BCUT2D eigenvalue weighted by Gasteiger charge is -2.14. The van der Waals surface area contributed by atoms with Crippen LogP contribution in [0, 0.1) is 6.92 Å². The predicted octanol–water partition coefficient (Wildman–Crippen LogP) is 2.72. The van der Waals surface area contributed by atoms with Crippen LogP contribution in [0.25, 0.3) is 0 Å². The number of anilines is 1. The quantitative estimate of drug-likeness (QED) is 0.744. The molecule has 2 N–H and O–H groups in total. The molecule has 0 aliphatic rings. The monoisotopic (exact) mass is 360 g/mol. The number of methoxy groups -OCH3 is 1. The van der Waals surface area contributed by atoms with Crippen LogP contribution >= 0.6 is 0 Å². The van der Waals surface area contributed by atoms with Crippen LogP contribution in [0.1, 0.15) is 15.9 Å². The Morgan fingerprint density at radius 3 is 2.64 bits per heavy atom. The summed E-state index contributed by atoms with van der Waals surface area (Å²) < 4.78 is 33.2. The van der Waals surface area contributed by atoms with Crippen LogP contribution in [0.3, 0.4) is 0 Å². The van der Waals surface area contributed by atoms with Gasteiger partial charge in [-0.05, 0) is 36.8 Å². The molecule has 0 aromatic heterocycles. The van der Waals surface area contributed by atoms with Crippen LogP contribution in [-0.2, 0) is 10.0 Å². The minimum absolute atomic E-state index is 0.0321. The van der Waals surface area contributed by atoms with E-state index >= 15 is 0 Å². The topological polar surface area (TPSA) is 84.5 Å². The molecule has 0 spiro atoms. The highest BCUT2D eigenvalue weighted by Gasteiger charge is 2.20. The second-order valence-corrected chi connectivity index (χ2v) is 6.94. The molecule has 132 valence electrons. The van der Waals surface area contributed by atoms with Gasteiger partial charge in [-0.1, -0.05) is 24.3 Å².